The maximum atomic E-state index is 4.44. The van der Waals surface area contributed by atoms with Gasteiger partial charge >= 0.3 is 0 Å². The maximum Gasteiger partial charge on any atom is 0.160 e. The molecule has 1 N–H and O–H groups in total. The van der Waals surface area contributed by atoms with E-state index in [1.54, 1.807) is 6.33 Å². The summed E-state index contributed by atoms with van der Waals surface area (Å²) >= 11 is 0. The minimum absolute atomic E-state index is 0.541. The molecule has 3 rings (SSSR count). The first kappa shape index (κ1) is 10.5. The molecule has 5 nitrogen and oxygen atoms in total. The molecule has 1 unspecified atom stereocenters. The fraction of sp³-hybridized carbons (Fsp3) is 0.583. The zero-order valence-electron chi connectivity index (χ0n) is 10.2. The lowest BCUT2D eigenvalue weighted by molar-refractivity contribution is 0.389. The zero-order chi connectivity index (χ0) is 11.8. The lowest BCUT2D eigenvalue weighted by Gasteiger charge is -2.37. The second-order valence-electron chi connectivity index (χ2n) is 5.01. The van der Waals surface area contributed by atoms with Crippen LogP contribution in [0, 0.1) is 5.92 Å². The van der Waals surface area contributed by atoms with E-state index in [9.17, 15) is 0 Å². The van der Waals surface area contributed by atoms with Crippen LogP contribution in [0.5, 0.6) is 0 Å². The molecule has 1 saturated heterocycles. The lowest BCUT2D eigenvalue weighted by atomic mass is 9.95. The van der Waals surface area contributed by atoms with E-state index in [4.69, 9.17) is 0 Å². The van der Waals surface area contributed by atoms with Gasteiger partial charge in [-0.2, -0.15) is 5.10 Å². The Morgan fingerprint density at radius 2 is 2.18 bits per heavy atom. The Morgan fingerprint density at radius 1 is 1.29 bits per heavy atom. The van der Waals surface area contributed by atoms with Gasteiger partial charge in [0.15, 0.2) is 5.65 Å². The first-order chi connectivity index (χ1) is 8.25. The van der Waals surface area contributed by atoms with Crippen LogP contribution in [0.3, 0.4) is 0 Å². The second-order valence-corrected chi connectivity index (χ2v) is 5.01. The molecule has 90 valence electrons. The number of rotatable bonds is 1. The lowest BCUT2D eigenvalue weighted by Crippen LogP contribution is -2.41. The van der Waals surface area contributed by atoms with Crippen molar-refractivity contribution in [3.8, 4) is 0 Å². The molecule has 2 aromatic heterocycles. The number of aromatic amines is 1. The Hall–Kier alpha value is -1.65. The number of hydrogen-bond donors (Lipinski definition) is 1. The fourth-order valence-electron chi connectivity index (χ4n) is 2.56. The van der Waals surface area contributed by atoms with Gasteiger partial charge < -0.3 is 4.90 Å². The summed E-state index contributed by atoms with van der Waals surface area (Å²) < 4.78 is 0. The van der Waals surface area contributed by atoms with Crippen LogP contribution >= 0.6 is 0 Å². The summed E-state index contributed by atoms with van der Waals surface area (Å²) in [7, 11) is 0. The minimum atomic E-state index is 0.541. The summed E-state index contributed by atoms with van der Waals surface area (Å²) in [6.07, 6.45) is 5.96. The van der Waals surface area contributed by atoms with Crippen LogP contribution in [0.1, 0.15) is 26.7 Å². The Labute approximate surface area is 100 Å². The molecule has 0 spiro atoms. The molecule has 5 heteroatoms. The number of nitrogens with one attached hydrogen (secondary N) is 1. The number of piperidine rings is 1. The van der Waals surface area contributed by atoms with E-state index in [0.29, 0.717) is 6.04 Å². The van der Waals surface area contributed by atoms with Crippen molar-refractivity contribution in [1.29, 1.82) is 0 Å². The molecular weight excluding hydrogens is 214 g/mol. The molecule has 0 saturated carbocycles. The number of fused-ring (bicyclic) bond motifs is 1. The van der Waals surface area contributed by atoms with Gasteiger partial charge in [-0.25, -0.2) is 9.97 Å². The highest BCUT2D eigenvalue weighted by molar-refractivity contribution is 5.86. The molecule has 1 aliphatic heterocycles. The van der Waals surface area contributed by atoms with Crippen molar-refractivity contribution >= 4 is 16.9 Å². The van der Waals surface area contributed by atoms with Crippen molar-refractivity contribution in [2.75, 3.05) is 11.4 Å². The van der Waals surface area contributed by atoms with Crippen molar-refractivity contribution in [3.05, 3.63) is 12.5 Å². The van der Waals surface area contributed by atoms with Gasteiger partial charge in [-0.1, -0.05) is 6.92 Å². The van der Waals surface area contributed by atoms with E-state index in [2.05, 4.69) is 38.9 Å². The van der Waals surface area contributed by atoms with Crippen LogP contribution in [0.4, 0.5) is 5.82 Å². The molecule has 1 fully saturated rings. The quantitative estimate of drug-likeness (QED) is 0.815. The van der Waals surface area contributed by atoms with Crippen LogP contribution in [0.2, 0.25) is 0 Å². The first-order valence-corrected chi connectivity index (χ1v) is 6.16. The molecule has 0 aromatic carbocycles. The number of anilines is 1. The van der Waals surface area contributed by atoms with Crippen molar-refractivity contribution in [2.45, 2.75) is 32.7 Å². The van der Waals surface area contributed by atoms with E-state index >= 15 is 0 Å². The van der Waals surface area contributed by atoms with Crippen molar-refractivity contribution in [2.24, 2.45) is 5.92 Å². The predicted octanol–water partition coefficient (Wildman–Crippen LogP) is 1.98. The molecule has 0 amide bonds. The van der Waals surface area contributed by atoms with Gasteiger partial charge in [0.1, 0.15) is 12.1 Å². The molecule has 1 aliphatic rings. The highest BCUT2D eigenvalue weighted by Gasteiger charge is 2.25. The topological polar surface area (TPSA) is 57.7 Å². The summed E-state index contributed by atoms with van der Waals surface area (Å²) in [5, 5.41) is 7.97. The predicted molar refractivity (Wildman–Crippen MR) is 66.9 cm³/mol. The fourth-order valence-corrected chi connectivity index (χ4v) is 2.56. The zero-order valence-corrected chi connectivity index (χ0v) is 10.2. The Morgan fingerprint density at radius 3 is 3.06 bits per heavy atom. The third-order valence-corrected chi connectivity index (χ3v) is 3.62. The monoisotopic (exact) mass is 231 g/mol. The molecule has 2 atom stereocenters. The Kier molecular flexibility index (Phi) is 2.46. The van der Waals surface area contributed by atoms with Gasteiger partial charge in [-0.3, -0.25) is 5.10 Å². The summed E-state index contributed by atoms with van der Waals surface area (Å²) in [5.41, 5.74) is 0.820. The Bertz CT molecular complexity index is 520. The molecule has 0 bridgehead atoms. The van der Waals surface area contributed by atoms with Gasteiger partial charge in [0.05, 0.1) is 11.6 Å². The van der Waals surface area contributed by atoms with E-state index in [1.807, 2.05) is 6.20 Å². The maximum absolute atomic E-state index is 4.44. The van der Waals surface area contributed by atoms with E-state index in [0.717, 1.165) is 29.3 Å². The van der Waals surface area contributed by atoms with Gasteiger partial charge in [0.2, 0.25) is 0 Å². The van der Waals surface area contributed by atoms with Crippen molar-refractivity contribution in [3.63, 3.8) is 0 Å². The van der Waals surface area contributed by atoms with Crippen molar-refractivity contribution < 1.29 is 0 Å². The van der Waals surface area contributed by atoms with Crippen LogP contribution < -0.4 is 4.90 Å². The van der Waals surface area contributed by atoms with Crippen LogP contribution in [0.15, 0.2) is 12.5 Å². The van der Waals surface area contributed by atoms with E-state index < -0.39 is 0 Å². The van der Waals surface area contributed by atoms with Gasteiger partial charge in [0, 0.05) is 12.6 Å². The molecule has 3 heterocycles. The summed E-state index contributed by atoms with van der Waals surface area (Å²) in [6, 6.07) is 0.541. The average Bonchev–Trinajstić information content (AvgIpc) is 2.80. The number of H-pyrrole nitrogens is 1. The summed E-state index contributed by atoms with van der Waals surface area (Å²) in [6.45, 7) is 5.63. The standard InChI is InChI=1S/C12H17N5/c1-8-3-4-9(2)17(6-8)12-10-5-15-16-11(10)13-7-14-12/h5,7-9H,3-4,6H2,1-2H3,(H,13,14,15,16)/t8?,9-/m0/s1. The first-order valence-electron chi connectivity index (χ1n) is 6.16. The average molecular weight is 231 g/mol. The van der Waals surface area contributed by atoms with Crippen LogP contribution in [-0.2, 0) is 0 Å². The molecule has 2 aromatic rings. The Balaban J connectivity index is 2.04. The highest BCUT2D eigenvalue weighted by Crippen LogP contribution is 2.29. The number of nitrogens with zero attached hydrogens (tertiary/aromatic N) is 4. The van der Waals surface area contributed by atoms with E-state index in [1.165, 1.54) is 12.8 Å². The molecule has 0 aliphatic carbocycles. The smallest absolute Gasteiger partial charge is 0.160 e. The number of aromatic nitrogens is 4. The summed E-state index contributed by atoms with van der Waals surface area (Å²) in [5.74, 6) is 1.74. The summed E-state index contributed by atoms with van der Waals surface area (Å²) in [4.78, 5) is 11.0. The largest absolute Gasteiger partial charge is 0.353 e. The normalized spacial score (nSPS) is 25.4. The highest BCUT2D eigenvalue weighted by atomic mass is 15.2. The van der Waals surface area contributed by atoms with Gasteiger partial charge in [-0.05, 0) is 25.7 Å². The van der Waals surface area contributed by atoms with Gasteiger partial charge in [-0.15, -0.1) is 0 Å². The van der Waals surface area contributed by atoms with Crippen molar-refractivity contribution in [1.82, 2.24) is 20.2 Å². The minimum Gasteiger partial charge on any atom is -0.353 e. The van der Waals surface area contributed by atoms with Crippen LogP contribution in [-0.4, -0.2) is 32.8 Å². The second kappa shape index (κ2) is 3.98. The molecule has 17 heavy (non-hydrogen) atoms. The van der Waals surface area contributed by atoms with E-state index in [-0.39, 0.29) is 0 Å². The molecular formula is C12H17N5. The van der Waals surface area contributed by atoms with Crippen LogP contribution in [0.25, 0.3) is 11.0 Å². The number of hydrogen-bond acceptors (Lipinski definition) is 4. The third kappa shape index (κ3) is 1.75. The molecule has 0 radical (unpaired) electrons. The third-order valence-electron chi connectivity index (χ3n) is 3.62. The van der Waals surface area contributed by atoms with Gasteiger partial charge in [0.25, 0.3) is 0 Å². The SMILES string of the molecule is CC1CC[C@H](C)N(c2ncnc3[nH]ncc23)C1.